The van der Waals surface area contributed by atoms with E-state index in [2.05, 4.69) is 10.7 Å². The highest BCUT2D eigenvalue weighted by Crippen LogP contribution is 2.00. The molecule has 0 bridgehead atoms. The largest absolute Gasteiger partial charge is 0.345 e. The maximum absolute atomic E-state index is 11.6. The molecule has 0 saturated carbocycles. The Labute approximate surface area is 96.1 Å². The predicted octanol–water partition coefficient (Wildman–Crippen LogP) is -1.10. The lowest BCUT2D eigenvalue weighted by Crippen LogP contribution is -2.48. The van der Waals surface area contributed by atoms with Crippen LogP contribution in [0.3, 0.4) is 0 Å². The fourth-order valence-corrected chi connectivity index (χ4v) is 1.18. The van der Waals surface area contributed by atoms with Gasteiger partial charge in [0.1, 0.15) is 6.29 Å². The van der Waals surface area contributed by atoms with Crippen molar-refractivity contribution in [2.45, 2.75) is 38.8 Å². The summed E-state index contributed by atoms with van der Waals surface area (Å²) >= 11 is 0. The zero-order valence-electron chi connectivity index (χ0n) is 9.90. The number of carbonyl (C=O) groups is 2. The molecule has 0 saturated heterocycles. The van der Waals surface area contributed by atoms with Crippen LogP contribution in [0.2, 0.25) is 0 Å². The fourth-order valence-electron chi connectivity index (χ4n) is 1.18. The molecule has 0 aromatic heterocycles. The third-order valence-corrected chi connectivity index (χ3v) is 2.35. The average molecular weight is 230 g/mol. The molecular formula is C10H22N4O2. The Hall–Kier alpha value is -0.980. The van der Waals surface area contributed by atoms with Gasteiger partial charge in [-0.25, -0.2) is 0 Å². The summed E-state index contributed by atoms with van der Waals surface area (Å²) in [6.45, 7) is 4.33. The number of hydrogen-bond donors (Lipinski definition) is 4. The number of aldehydes is 1. The smallest absolute Gasteiger partial charge is 0.237 e. The van der Waals surface area contributed by atoms with Crippen molar-refractivity contribution in [3.63, 3.8) is 0 Å². The zero-order chi connectivity index (χ0) is 12.6. The van der Waals surface area contributed by atoms with E-state index in [9.17, 15) is 9.59 Å². The van der Waals surface area contributed by atoms with E-state index in [0.29, 0.717) is 13.0 Å². The summed E-state index contributed by atoms with van der Waals surface area (Å²) in [6.07, 6.45) is 2.00. The van der Waals surface area contributed by atoms with E-state index >= 15 is 0 Å². The predicted molar refractivity (Wildman–Crippen MR) is 62.2 cm³/mol. The van der Waals surface area contributed by atoms with Gasteiger partial charge in [-0.15, -0.1) is 0 Å². The Balaban J connectivity index is 4.01. The van der Waals surface area contributed by atoms with Gasteiger partial charge in [0.2, 0.25) is 5.91 Å². The zero-order valence-corrected chi connectivity index (χ0v) is 9.90. The first kappa shape index (κ1) is 15.0. The molecule has 0 radical (unpaired) electrons. The first-order valence-electron chi connectivity index (χ1n) is 5.47. The first-order valence-corrected chi connectivity index (χ1v) is 5.47. The van der Waals surface area contributed by atoms with Crippen molar-refractivity contribution in [3.8, 4) is 0 Å². The quantitative estimate of drug-likeness (QED) is 0.183. The van der Waals surface area contributed by atoms with Gasteiger partial charge in [-0.2, -0.15) is 0 Å². The summed E-state index contributed by atoms with van der Waals surface area (Å²) in [5.74, 6) is 4.87. The first-order chi connectivity index (χ1) is 7.52. The second-order valence-electron chi connectivity index (χ2n) is 4.12. The van der Waals surface area contributed by atoms with Gasteiger partial charge in [-0.1, -0.05) is 13.8 Å². The SMILES string of the molecule is CC(C)[C@H](N)C(=O)N[C@H](C=O)CCCNN. The van der Waals surface area contributed by atoms with Crippen LogP contribution in [-0.4, -0.2) is 30.8 Å². The molecule has 1 amide bonds. The van der Waals surface area contributed by atoms with Crippen LogP contribution in [-0.2, 0) is 9.59 Å². The summed E-state index contributed by atoms with van der Waals surface area (Å²) in [6, 6.07) is -1.05. The number of hydrogen-bond acceptors (Lipinski definition) is 5. The number of rotatable bonds is 8. The molecule has 0 heterocycles. The highest BCUT2D eigenvalue weighted by atomic mass is 16.2. The van der Waals surface area contributed by atoms with E-state index < -0.39 is 12.1 Å². The number of nitrogens with one attached hydrogen (secondary N) is 2. The maximum Gasteiger partial charge on any atom is 0.237 e. The van der Waals surface area contributed by atoms with Crippen molar-refractivity contribution in [2.75, 3.05) is 6.54 Å². The third kappa shape index (κ3) is 5.79. The lowest BCUT2D eigenvalue weighted by atomic mass is 10.0. The van der Waals surface area contributed by atoms with Crippen LogP contribution in [0.25, 0.3) is 0 Å². The van der Waals surface area contributed by atoms with E-state index in [0.717, 1.165) is 12.7 Å². The Morgan fingerprint density at radius 2 is 2.06 bits per heavy atom. The molecule has 6 N–H and O–H groups in total. The highest BCUT2D eigenvalue weighted by Gasteiger charge is 2.19. The van der Waals surface area contributed by atoms with Crippen LogP contribution < -0.4 is 22.3 Å². The number of nitrogens with two attached hydrogens (primary N) is 2. The van der Waals surface area contributed by atoms with E-state index in [1.54, 1.807) is 0 Å². The van der Waals surface area contributed by atoms with Crippen molar-refractivity contribution in [1.29, 1.82) is 0 Å². The van der Waals surface area contributed by atoms with Gasteiger partial charge in [0.05, 0.1) is 12.1 Å². The number of carbonyl (C=O) groups excluding carboxylic acids is 2. The lowest BCUT2D eigenvalue weighted by molar-refractivity contribution is -0.126. The molecule has 0 aromatic rings. The van der Waals surface area contributed by atoms with Gasteiger partial charge >= 0.3 is 0 Å². The monoisotopic (exact) mass is 230 g/mol. The fraction of sp³-hybridized carbons (Fsp3) is 0.800. The van der Waals surface area contributed by atoms with Crippen LogP contribution in [0.15, 0.2) is 0 Å². The summed E-state index contributed by atoms with van der Waals surface area (Å²) in [5, 5.41) is 2.61. The van der Waals surface area contributed by atoms with E-state index in [4.69, 9.17) is 11.6 Å². The summed E-state index contributed by atoms with van der Waals surface area (Å²) in [5.41, 5.74) is 8.15. The van der Waals surface area contributed by atoms with Crippen LogP contribution in [0.4, 0.5) is 0 Å². The van der Waals surface area contributed by atoms with Gasteiger partial charge in [-0.3, -0.25) is 16.1 Å². The van der Waals surface area contributed by atoms with Gasteiger partial charge in [0, 0.05) is 6.54 Å². The number of amides is 1. The van der Waals surface area contributed by atoms with Crippen LogP contribution in [0.5, 0.6) is 0 Å². The minimum Gasteiger partial charge on any atom is -0.345 e. The summed E-state index contributed by atoms with van der Waals surface area (Å²) in [7, 11) is 0. The third-order valence-electron chi connectivity index (χ3n) is 2.35. The van der Waals surface area contributed by atoms with E-state index in [1.165, 1.54) is 0 Å². The minimum atomic E-state index is -0.574. The molecule has 94 valence electrons. The second-order valence-corrected chi connectivity index (χ2v) is 4.12. The molecule has 0 aliphatic carbocycles. The Kier molecular flexibility index (Phi) is 7.70. The summed E-state index contributed by atoms with van der Waals surface area (Å²) < 4.78 is 0. The standard InChI is InChI=1S/C10H22N4O2/c1-7(2)9(11)10(16)14-8(6-15)4-3-5-13-12/h6-9,13H,3-5,11-12H2,1-2H3,(H,14,16)/t8-,9-/m0/s1. The average Bonchev–Trinajstić information content (AvgIpc) is 2.26. The normalized spacial score (nSPS) is 14.6. The van der Waals surface area contributed by atoms with Crippen molar-refractivity contribution in [2.24, 2.45) is 17.5 Å². The molecule has 2 atom stereocenters. The topological polar surface area (TPSA) is 110 Å². The van der Waals surface area contributed by atoms with Crippen LogP contribution >= 0.6 is 0 Å². The van der Waals surface area contributed by atoms with Crippen LogP contribution in [0, 0.1) is 5.92 Å². The Morgan fingerprint density at radius 1 is 1.44 bits per heavy atom. The second kappa shape index (κ2) is 8.20. The molecular weight excluding hydrogens is 208 g/mol. The van der Waals surface area contributed by atoms with Gasteiger partial charge in [0.25, 0.3) is 0 Å². The van der Waals surface area contributed by atoms with Crippen LogP contribution in [0.1, 0.15) is 26.7 Å². The minimum absolute atomic E-state index is 0.0537. The highest BCUT2D eigenvalue weighted by molar-refractivity contribution is 5.84. The Morgan fingerprint density at radius 3 is 2.50 bits per heavy atom. The lowest BCUT2D eigenvalue weighted by Gasteiger charge is -2.18. The van der Waals surface area contributed by atoms with Crippen molar-refractivity contribution >= 4 is 12.2 Å². The molecule has 6 nitrogen and oxygen atoms in total. The molecule has 0 unspecified atom stereocenters. The van der Waals surface area contributed by atoms with Crippen molar-refractivity contribution in [1.82, 2.24) is 10.7 Å². The van der Waals surface area contributed by atoms with Crippen molar-refractivity contribution in [3.05, 3.63) is 0 Å². The van der Waals surface area contributed by atoms with Gasteiger partial charge in [0.15, 0.2) is 0 Å². The number of hydrazine groups is 1. The molecule has 0 aliphatic rings. The van der Waals surface area contributed by atoms with E-state index in [1.807, 2.05) is 13.8 Å². The Bertz CT molecular complexity index is 221. The van der Waals surface area contributed by atoms with Gasteiger partial charge in [-0.05, 0) is 18.8 Å². The maximum atomic E-state index is 11.6. The van der Waals surface area contributed by atoms with Gasteiger partial charge < -0.3 is 15.8 Å². The molecule has 0 spiro atoms. The molecule has 0 aromatic carbocycles. The molecule has 0 rings (SSSR count). The molecule has 6 heteroatoms. The van der Waals surface area contributed by atoms with Crippen molar-refractivity contribution < 1.29 is 9.59 Å². The van der Waals surface area contributed by atoms with E-state index in [-0.39, 0.29) is 11.8 Å². The molecule has 16 heavy (non-hydrogen) atoms. The molecule has 0 aliphatic heterocycles. The molecule has 0 fully saturated rings. The summed E-state index contributed by atoms with van der Waals surface area (Å²) in [4.78, 5) is 22.3.